The zero-order valence-electron chi connectivity index (χ0n) is 18.2. The molecule has 2 saturated carbocycles. The molecule has 1 aromatic rings. The maximum Gasteiger partial charge on any atom is 0.251 e. The third-order valence-electron chi connectivity index (χ3n) is 7.32. The van der Waals surface area contributed by atoms with Gasteiger partial charge in [0.15, 0.2) is 11.2 Å². The lowest BCUT2D eigenvalue weighted by atomic mass is 10.1. The van der Waals surface area contributed by atoms with E-state index in [1.807, 2.05) is 24.5 Å². The van der Waals surface area contributed by atoms with Crippen molar-refractivity contribution in [3.8, 4) is 0 Å². The number of nitrogens with one attached hydrogen (secondary N) is 1. The number of benzene rings is 1. The van der Waals surface area contributed by atoms with Crippen LogP contribution >= 0.6 is 0 Å². The Kier molecular flexibility index (Phi) is 4.06. The summed E-state index contributed by atoms with van der Waals surface area (Å²) in [5, 5.41) is 3.09. The molecule has 2 atom stereocenters. The van der Waals surface area contributed by atoms with Gasteiger partial charge in [-0.15, -0.1) is 0 Å². The number of carbonyl (C=O) groups is 1. The molecule has 1 N–H and O–H groups in total. The molecule has 3 fully saturated rings. The van der Waals surface area contributed by atoms with E-state index >= 15 is 0 Å². The molecule has 0 radical (unpaired) electrons. The highest BCUT2D eigenvalue weighted by Crippen LogP contribution is 2.62. The van der Waals surface area contributed by atoms with Gasteiger partial charge in [0.25, 0.3) is 5.91 Å². The Labute approximate surface area is 182 Å². The van der Waals surface area contributed by atoms with Gasteiger partial charge in [-0.25, -0.2) is 9.98 Å². The van der Waals surface area contributed by atoms with Crippen LogP contribution in [0.1, 0.15) is 41.6 Å². The van der Waals surface area contributed by atoms with Crippen LogP contribution in [-0.4, -0.2) is 84.7 Å². The van der Waals surface area contributed by atoms with Crippen molar-refractivity contribution in [1.82, 2.24) is 15.1 Å². The third kappa shape index (κ3) is 2.84. The number of amides is 1. The number of carbonyl (C=O) groups excluding carboxylic acids is 1. The number of anilines is 1. The van der Waals surface area contributed by atoms with Crippen molar-refractivity contribution in [2.24, 2.45) is 15.0 Å². The number of hydrogen-bond acceptors (Lipinski definition) is 7. The molecule has 2 unspecified atom stereocenters. The minimum Gasteiger partial charge on any atom is -0.356 e. The molecule has 31 heavy (non-hydrogen) atoms. The van der Waals surface area contributed by atoms with Crippen LogP contribution in [0.2, 0.25) is 0 Å². The smallest absolute Gasteiger partial charge is 0.251 e. The summed E-state index contributed by atoms with van der Waals surface area (Å²) in [6.07, 6.45) is 7.75. The predicted octanol–water partition coefficient (Wildman–Crippen LogP) is 1.65. The van der Waals surface area contributed by atoms with E-state index in [2.05, 4.69) is 34.0 Å². The molecule has 1 aromatic carbocycles. The lowest BCUT2D eigenvalue weighted by Gasteiger charge is -2.32. The van der Waals surface area contributed by atoms with Crippen LogP contribution in [0.5, 0.6) is 0 Å². The summed E-state index contributed by atoms with van der Waals surface area (Å²) in [6, 6.07) is 6.27. The summed E-state index contributed by atoms with van der Waals surface area (Å²) >= 11 is 0. The summed E-state index contributed by atoms with van der Waals surface area (Å²) in [6.45, 7) is 6.19. The van der Waals surface area contributed by atoms with Crippen LogP contribution in [0.25, 0.3) is 0 Å². The summed E-state index contributed by atoms with van der Waals surface area (Å²) in [5.41, 5.74) is 1.96. The maximum atomic E-state index is 12.6. The van der Waals surface area contributed by atoms with Gasteiger partial charge in [-0.2, -0.15) is 0 Å². The van der Waals surface area contributed by atoms with Gasteiger partial charge in [0.05, 0.1) is 6.34 Å². The highest BCUT2D eigenvalue weighted by atomic mass is 16.1. The van der Waals surface area contributed by atoms with Crippen molar-refractivity contribution < 1.29 is 4.79 Å². The molecular weight excluding hydrogens is 390 g/mol. The zero-order chi connectivity index (χ0) is 21.2. The fraction of sp³-hybridized carbons (Fsp3) is 0.565. The topological polar surface area (TPSA) is 75.9 Å². The Hall–Kier alpha value is -2.74. The predicted molar refractivity (Wildman–Crippen MR) is 122 cm³/mol. The molecule has 0 bridgehead atoms. The second kappa shape index (κ2) is 6.63. The van der Waals surface area contributed by atoms with Crippen molar-refractivity contribution >= 4 is 30.1 Å². The number of nitrogens with zero attached hydrogens (tertiary/aromatic N) is 6. The first-order valence-electron chi connectivity index (χ1n) is 11.3. The molecule has 162 valence electrons. The highest BCUT2D eigenvalue weighted by molar-refractivity contribution is 6.10. The molecule has 5 aliphatic rings. The van der Waals surface area contributed by atoms with Crippen molar-refractivity contribution in [3.63, 3.8) is 0 Å². The van der Waals surface area contributed by atoms with Crippen LogP contribution in [0.3, 0.4) is 0 Å². The average Bonchev–Trinajstić information content (AvgIpc) is 3.66. The normalized spacial score (nSPS) is 31.7. The van der Waals surface area contributed by atoms with E-state index in [1.54, 1.807) is 6.34 Å². The summed E-state index contributed by atoms with van der Waals surface area (Å²) < 4.78 is 0. The third-order valence-corrected chi connectivity index (χ3v) is 7.32. The summed E-state index contributed by atoms with van der Waals surface area (Å²) in [5.74, 6) is 1.05. The molecule has 2 aliphatic carbocycles. The number of aryl methyl sites for hydroxylation is 1. The molecule has 0 aromatic heterocycles. The minimum absolute atomic E-state index is 0.00234. The van der Waals surface area contributed by atoms with E-state index in [0.717, 1.165) is 68.9 Å². The van der Waals surface area contributed by atoms with Gasteiger partial charge >= 0.3 is 0 Å². The fourth-order valence-corrected chi connectivity index (χ4v) is 5.18. The second-order valence-electron chi connectivity index (χ2n) is 9.56. The van der Waals surface area contributed by atoms with Gasteiger partial charge < -0.3 is 20.0 Å². The van der Waals surface area contributed by atoms with Gasteiger partial charge in [0.1, 0.15) is 12.2 Å². The van der Waals surface area contributed by atoms with Crippen LogP contribution in [0, 0.1) is 6.92 Å². The van der Waals surface area contributed by atoms with E-state index in [4.69, 9.17) is 15.0 Å². The average molecular weight is 420 g/mol. The van der Waals surface area contributed by atoms with Crippen molar-refractivity contribution in [2.75, 3.05) is 38.1 Å². The second-order valence-corrected chi connectivity index (χ2v) is 9.56. The Bertz CT molecular complexity index is 1030. The lowest BCUT2D eigenvalue weighted by molar-refractivity contribution is 0.0951. The molecule has 1 saturated heterocycles. The Morgan fingerprint density at radius 3 is 2.87 bits per heavy atom. The van der Waals surface area contributed by atoms with Crippen molar-refractivity contribution in [1.29, 1.82) is 0 Å². The molecule has 0 spiro atoms. The minimum atomic E-state index is -0.446. The first-order valence-corrected chi connectivity index (χ1v) is 11.3. The van der Waals surface area contributed by atoms with E-state index in [0.29, 0.717) is 11.6 Å². The van der Waals surface area contributed by atoms with Crippen molar-refractivity contribution in [2.45, 2.75) is 49.9 Å². The highest BCUT2D eigenvalue weighted by Gasteiger charge is 2.79. The fourth-order valence-electron chi connectivity index (χ4n) is 5.18. The van der Waals surface area contributed by atoms with Crippen LogP contribution in [-0.2, 0) is 0 Å². The molecule has 8 nitrogen and oxygen atoms in total. The number of rotatable bonds is 3. The maximum absolute atomic E-state index is 12.6. The standard InChI is InChI=1S/C23H29N7O/c1-16-4-5-17(20(31)27-18-6-7-18)12-19(16)30-15-26-22-13-23(22,30)25-14-24-21(22)29-9-3-8-28(2)10-11-29/h4-5,12,14-15,18H,3,6-11,13H2,1-2H3,(H,27,31). The SMILES string of the molecule is Cc1ccc(C(=O)NC2CC2)cc1N1C=NC23CC12N=CN=C3N1CCCN(C)CC1. The Morgan fingerprint density at radius 2 is 2.03 bits per heavy atom. The molecular formula is C23H29N7O. The van der Waals surface area contributed by atoms with Crippen LogP contribution in [0.15, 0.2) is 33.2 Å². The van der Waals surface area contributed by atoms with Gasteiger partial charge in [-0.1, -0.05) is 6.07 Å². The number of hydrogen-bond donors (Lipinski definition) is 1. The molecule has 3 aliphatic heterocycles. The lowest BCUT2D eigenvalue weighted by Crippen LogP contribution is -2.49. The van der Waals surface area contributed by atoms with E-state index in [1.165, 1.54) is 0 Å². The first kappa shape index (κ1) is 19.0. The monoisotopic (exact) mass is 419 g/mol. The summed E-state index contributed by atoms with van der Waals surface area (Å²) in [7, 11) is 2.18. The first-order chi connectivity index (χ1) is 15.0. The van der Waals surface area contributed by atoms with Gasteiger partial charge in [-0.05, 0) is 57.5 Å². The molecule has 8 heteroatoms. The molecule has 1 amide bonds. The molecule has 6 rings (SSSR count). The Balaban J connectivity index is 1.30. The van der Waals surface area contributed by atoms with Crippen LogP contribution < -0.4 is 10.2 Å². The van der Waals surface area contributed by atoms with Gasteiger partial charge in [0.2, 0.25) is 0 Å². The quantitative estimate of drug-likeness (QED) is 0.808. The zero-order valence-corrected chi connectivity index (χ0v) is 18.2. The van der Waals surface area contributed by atoms with Crippen LogP contribution in [0.4, 0.5) is 5.69 Å². The van der Waals surface area contributed by atoms with E-state index in [-0.39, 0.29) is 5.91 Å². The van der Waals surface area contributed by atoms with Gasteiger partial charge in [-0.3, -0.25) is 9.79 Å². The number of aliphatic imine (C=N–C) groups is 3. The number of likely N-dealkylation sites (N-methyl/N-ethyl adjacent to an activating group) is 1. The largest absolute Gasteiger partial charge is 0.356 e. The Morgan fingerprint density at radius 1 is 1.16 bits per heavy atom. The van der Waals surface area contributed by atoms with Gasteiger partial charge in [0, 0.05) is 43.3 Å². The number of amidine groups is 1. The molecule has 3 heterocycles. The van der Waals surface area contributed by atoms with E-state index in [9.17, 15) is 4.79 Å². The van der Waals surface area contributed by atoms with Crippen molar-refractivity contribution in [3.05, 3.63) is 29.3 Å². The van der Waals surface area contributed by atoms with E-state index < -0.39 is 11.2 Å². The summed E-state index contributed by atoms with van der Waals surface area (Å²) in [4.78, 5) is 34.2.